The van der Waals surface area contributed by atoms with Crippen molar-refractivity contribution in [1.82, 2.24) is 9.78 Å². The number of hydrogen-bond acceptors (Lipinski definition) is 3. The van der Waals surface area contributed by atoms with Crippen molar-refractivity contribution in [1.29, 1.82) is 0 Å². The van der Waals surface area contributed by atoms with E-state index < -0.39 is 11.8 Å². The second kappa shape index (κ2) is 7.96. The summed E-state index contributed by atoms with van der Waals surface area (Å²) < 4.78 is 1.79. The molecule has 25 heavy (non-hydrogen) atoms. The number of carbonyl (C=O) groups is 2. The van der Waals surface area contributed by atoms with Crippen molar-refractivity contribution >= 4 is 23.3 Å². The smallest absolute Gasteiger partial charge is 0.315 e. The van der Waals surface area contributed by atoms with E-state index in [2.05, 4.69) is 29.6 Å². The molecule has 2 aromatic rings. The minimum absolute atomic E-state index is 0.186. The van der Waals surface area contributed by atoms with Crippen LogP contribution in [0, 0.1) is 20.8 Å². The highest BCUT2D eigenvalue weighted by Gasteiger charge is 2.19. The van der Waals surface area contributed by atoms with E-state index in [1.807, 2.05) is 32.9 Å². The van der Waals surface area contributed by atoms with Crippen molar-refractivity contribution in [3.05, 3.63) is 41.1 Å². The maximum Gasteiger partial charge on any atom is 0.315 e. The van der Waals surface area contributed by atoms with Crippen LogP contribution in [0.5, 0.6) is 0 Å². The van der Waals surface area contributed by atoms with Gasteiger partial charge in [0.1, 0.15) is 5.82 Å². The van der Waals surface area contributed by atoms with Crippen molar-refractivity contribution in [3.63, 3.8) is 0 Å². The fourth-order valence-electron chi connectivity index (χ4n) is 2.83. The van der Waals surface area contributed by atoms with Gasteiger partial charge in [-0.2, -0.15) is 5.10 Å². The van der Waals surface area contributed by atoms with E-state index in [1.165, 1.54) is 0 Å². The average molecular weight is 342 g/mol. The van der Waals surface area contributed by atoms with Gasteiger partial charge in [-0.25, -0.2) is 4.68 Å². The molecule has 0 radical (unpaired) electrons. The van der Waals surface area contributed by atoms with Gasteiger partial charge in [-0.05, 0) is 45.2 Å². The summed E-state index contributed by atoms with van der Waals surface area (Å²) in [7, 11) is 0. The molecule has 2 N–H and O–H groups in total. The number of carbonyl (C=O) groups excluding carboxylic acids is 2. The van der Waals surface area contributed by atoms with E-state index in [0.717, 1.165) is 29.7 Å². The van der Waals surface area contributed by atoms with Crippen molar-refractivity contribution in [2.45, 2.75) is 53.5 Å². The molecule has 1 heterocycles. The van der Waals surface area contributed by atoms with Crippen molar-refractivity contribution in [2.24, 2.45) is 0 Å². The van der Waals surface area contributed by atoms with Gasteiger partial charge in [0.15, 0.2) is 0 Å². The van der Waals surface area contributed by atoms with E-state index in [-0.39, 0.29) is 6.04 Å². The van der Waals surface area contributed by atoms with Crippen LogP contribution < -0.4 is 10.6 Å². The molecule has 134 valence electrons. The predicted molar refractivity (Wildman–Crippen MR) is 99.8 cm³/mol. The molecular formula is C19H26N4O2. The second-order valence-corrected chi connectivity index (χ2v) is 6.31. The van der Waals surface area contributed by atoms with E-state index in [4.69, 9.17) is 0 Å². The van der Waals surface area contributed by atoms with Crippen LogP contribution in [0.4, 0.5) is 11.5 Å². The Hall–Kier alpha value is -2.63. The van der Waals surface area contributed by atoms with Crippen LogP contribution in [-0.4, -0.2) is 21.6 Å². The normalized spacial score (nSPS) is 10.8. The van der Waals surface area contributed by atoms with Crippen LogP contribution in [0.15, 0.2) is 24.3 Å². The molecule has 0 aliphatic rings. The lowest BCUT2D eigenvalue weighted by atomic mass is 10.1. The van der Waals surface area contributed by atoms with Gasteiger partial charge in [0.05, 0.1) is 11.7 Å². The van der Waals surface area contributed by atoms with Gasteiger partial charge in [-0.3, -0.25) is 9.59 Å². The van der Waals surface area contributed by atoms with Crippen molar-refractivity contribution in [3.8, 4) is 0 Å². The topological polar surface area (TPSA) is 76.0 Å². The quantitative estimate of drug-likeness (QED) is 0.813. The molecule has 6 heteroatoms. The zero-order valence-electron chi connectivity index (χ0n) is 15.5. The van der Waals surface area contributed by atoms with Gasteiger partial charge >= 0.3 is 11.8 Å². The van der Waals surface area contributed by atoms with Gasteiger partial charge in [0, 0.05) is 11.8 Å². The summed E-state index contributed by atoms with van der Waals surface area (Å²) in [5.74, 6) is -0.846. The SMILES string of the molecule is CCC(CC)n1nc(C)cc1NC(=O)C(=O)Nc1ccc(C)cc1C. The van der Waals surface area contributed by atoms with Crippen molar-refractivity contribution in [2.75, 3.05) is 10.6 Å². The Balaban J connectivity index is 2.12. The lowest BCUT2D eigenvalue weighted by Gasteiger charge is -2.17. The largest absolute Gasteiger partial charge is 0.318 e. The van der Waals surface area contributed by atoms with E-state index in [1.54, 1.807) is 16.8 Å². The van der Waals surface area contributed by atoms with Crippen LogP contribution >= 0.6 is 0 Å². The summed E-state index contributed by atoms with van der Waals surface area (Å²) in [5.41, 5.74) is 3.45. The first kappa shape index (κ1) is 18.7. The van der Waals surface area contributed by atoms with E-state index in [0.29, 0.717) is 11.5 Å². The number of hydrogen-bond donors (Lipinski definition) is 2. The second-order valence-electron chi connectivity index (χ2n) is 6.31. The lowest BCUT2D eigenvalue weighted by Crippen LogP contribution is -2.30. The third kappa shape index (κ3) is 4.47. The first-order valence-electron chi connectivity index (χ1n) is 8.61. The molecule has 6 nitrogen and oxygen atoms in total. The van der Waals surface area contributed by atoms with E-state index in [9.17, 15) is 9.59 Å². The molecule has 0 bridgehead atoms. The molecule has 0 unspecified atom stereocenters. The monoisotopic (exact) mass is 342 g/mol. The van der Waals surface area contributed by atoms with Gasteiger partial charge in [0.2, 0.25) is 0 Å². The summed E-state index contributed by atoms with van der Waals surface area (Å²) >= 11 is 0. The molecule has 0 fully saturated rings. The Morgan fingerprint density at radius 1 is 1.04 bits per heavy atom. The zero-order chi connectivity index (χ0) is 18.6. The zero-order valence-corrected chi connectivity index (χ0v) is 15.5. The molecule has 0 aliphatic carbocycles. The highest BCUT2D eigenvalue weighted by Crippen LogP contribution is 2.22. The molecule has 2 amide bonds. The number of benzene rings is 1. The number of rotatable bonds is 5. The standard InChI is InChI=1S/C19H26N4O2/c1-6-15(7-2)23-17(11-14(5)22-23)21-19(25)18(24)20-16-9-8-12(3)10-13(16)4/h8-11,15H,6-7H2,1-5H3,(H,20,24)(H,21,25). The number of anilines is 2. The summed E-state index contributed by atoms with van der Waals surface area (Å²) in [6.07, 6.45) is 1.80. The Morgan fingerprint density at radius 2 is 1.68 bits per heavy atom. The fourth-order valence-corrected chi connectivity index (χ4v) is 2.83. The van der Waals surface area contributed by atoms with Gasteiger partial charge < -0.3 is 10.6 Å². The third-order valence-electron chi connectivity index (χ3n) is 4.22. The molecule has 0 aliphatic heterocycles. The lowest BCUT2D eigenvalue weighted by molar-refractivity contribution is -0.133. The summed E-state index contributed by atoms with van der Waals surface area (Å²) in [6.45, 7) is 9.89. The molecule has 0 spiro atoms. The van der Waals surface area contributed by atoms with Crippen LogP contribution in [0.3, 0.4) is 0 Å². The molecule has 0 saturated heterocycles. The van der Waals surface area contributed by atoms with Crippen molar-refractivity contribution < 1.29 is 9.59 Å². The molecular weight excluding hydrogens is 316 g/mol. The molecule has 2 rings (SSSR count). The number of nitrogens with one attached hydrogen (secondary N) is 2. The maximum atomic E-state index is 12.3. The minimum atomic E-state index is -0.702. The molecule has 0 atom stereocenters. The van der Waals surface area contributed by atoms with Crippen LogP contribution in [0.25, 0.3) is 0 Å². The number of nitrogens with zero attached hydrogens (tertiary/aromatic N) is 2. The average Bonchev–Trinajstić information content (AvgIpc) is 2.91. The summed E-state index contributed by atoms with van der Waals surface area (Å²) in [5, 5.41) is 9.78. The molecule has 1 aromatic carbocycles. The molecule has 1 aromatic heterocycles. The first-order valence-corrected chi connectivity index (χ1v) is 8.61. The maximum absolute atomic E-state index is 12.3. The number of aryl methyl sites for hydroxylation is 3. The van der Waals surface area contributed by atoms with Gasteiger partial charge in [0.25, 0.3) is 0 Å². The Kier molecular flexibility index (Phi) is 5.96. The first-order chi connectivity index (χ1) is 11.8. The minimum Gasteiger partial charge on any atom is -0.318 e. The van der Waals surface area contributed by atoms with Gasteiger partial charge in [-0.1, -0.05) is 31.5 Å². The number of aromatic nitrogens is 2. The molecule has 0 saturated carbocycles. The summed E-state index contributed by atoms with van der Waals surface area (Å²) in [6, 6.07) is 7.62. The van der Waals surface area contributed by atoms with Crippen LogP contribution in [0.2, 0.25) is 0 Å². The predicted octanol–water partition coefficient (Wildman–Crippen LogP) is 3.75. The summed E-state index contributed by atoms with van der Waals surface area (Å²) in [4.78, 5) is 24.5. The number of amides is 2. The van der Waals surface area contributed by atoms with E-state index >= 15 is 0 Å². The fraction of sp³-hybridized carbons (Fsp3) is 0.421. The Bertz CT molecular complexity index is 776. The van der Waals surface area contributed by atoms with Gasteiger partial charge in [-0.15, -0.1) is 0 Å². The van der Waals surface area contributed by atoms with Crippen LogP contribution in [-0.2, 0) is 9.59 Å². The van der Waals surface area contributed by atoms with Crippen LogP contribution in [0.1, 0.15) is 49.6 Å². The third-order valence-corrected chi connectivity index (χ3v) is 4.22. The highest BCUT2D eigenvalue weighted by atomic mass is 16.2. The Labute approximate surface area is 148 Å². The Morgan fingerprint density at radius 3 is 2.28 bits per heavy atom. The highest BCUT2D eigenvalue weighted by molar-refractivity contribution is 6.43.